The van der Waals surface area contributed by atoms with Gasteiger partial charge in [0.15, 0.2) is 11.6 Å². The van der Waals surface area contributed by atoms with E-state index in [2.05, 4.69) is 6.92 Å². The molecule has 0 amide bonds. The summed E-state index contributed by atoms with van der Waals surface area (Å²) in [5.41, 5.74) is 6.41. The summed E-state index contributed by atoms with van der Waals surface area (Å²) in [5, 5.41) is 0. The molecule has 106 valence electrons. The van der Waals surface area contributed by atoms with Crippen LogP contribution in [0.25, 0.3) is 0 Å². The predicted octanol–water partition coefficient (Wildman–Crippen LogP) is 3.67. The molecule has 0 bridgehead atoms. The third-order valence-electron chi connectivity index (χ3n) is 4.03. The highest BCUT2D eigenvalue weighted by Gasteiger charge is 2.22. The van der Waals surface area contributed by atoms with E-state index >= 15 is 0 Å². The van der Waals surface area contributed by atoms with Gasteiger partial charge < -0.3 is 10.5 Å². The summed E-state index contributed by atoms with van der Waals surface area (Å²) in [5.74, 6) is 0.866. The van der Waals surface area contributed by atoms with Gasteiger partial charge >= 0.3 is 0 Å². The van der Waals surface area contributed by atoms with Gasteiger partial charge in [-0.2, -0.15) is 0 Å². The lowest BCUT2D eigenvalue weighted by Gasteiger charge is -2.29. The van der Waals surface area contributed by atoms with Crippen molar-refractivity contribution in [1.29, 1.82) is 0 Å². The van der Waals surface area contributed by atoms with Crippen LogP contribution in [0.3, 0.4) is 0 Å². The molecular formula is C16H24FNO. The quantitative estimate of drug-likeness (QED) is 0.881. The molecule has 0 saturated heterocycles. The Kier molecular flexibility index (Phi) is 5.20. The highest BCUT2D eigenvalue weighted by atomic mass is 19.1. The molecule has 1 aliphatic carbocycles. The van der Waals surface area contributed by atoms with Crippen molar-refractivity contribution < 1.29 is 9.13 Å². The Hall–Kier alpha value is -1.09. The maximum atomic E-state index is 13.9. The molecule has 2 N–H and O–H groups in total. The largest absolute Gasteiger partial charge is 0.487 e. The molecule has 0 aliphatic heterocycles. The third kappa shape index (κ3) is 3.93. The number of halogens is 1. The number of ether oxygens (including phenoxy) is 1. The van der Waals surface area contributed by atoms with Gasteiger partial charge in [0.05, 0.1) is 6.10 Å². The Balaban J connectivity index is 1.98. The van der Waals surface area contributed by atoms with E-state index in [1.54, 1.807) is 12.1 Å². The Morgan fingerprint density at radius 2 is 2.21 bits per heavy atom. The minimum atomic E-state index is -0.260. The van der Waals surface area contributed by atoms with Crippen LogP contribution in [0.2, 0.25) is 0 Å². The minimum Gasteiger partial charge on any atom is -0.487 e. The maximum absolute atomic E-state index is 13.9. The molecule has 1 aliphatic rings. The first-order chi connectivity index (χ1) is 9.22. The van der Waals surface area contributed by atoms with Gasteiger partial charge in [0.1, 0.15) is 0 Å². The molecule has 3 heteroatoms. The Bertz CT molecular complexity index is 408. The number of hydrogen-bond donors (Lipinski definition) is 1. The highest BCUT2D eigenvalue weighted by Crippen LogP contribution is 2.30. The smallest absolute Gasteiger partial charge is 0.165 e. The molecule has 19 heavy (non-hydrogen) atoms. The summed E-state index contributed by atoms with van der Waals surface area (Å²) < 4.78 is 19.8. The lowest BCUT2D eigenvalue weighted by atomic mass is 9.85. The lowest BCUT2D eigenvalue weighted by molar-refractivity contribution is 0.117. The molecule has 0 spiro atoms. The number of nitrogens with two attached hydrogens (primary N) is 1. The van der Waals surface area contributed by atoms with Crippen LogP contribution in [0.5, 0.6) is 5.75 Å². The Morgan fingerprint density at radius 3 is 2.89 bits per heavy atom. The van der Waals surface area contributed by atoms with Crippen molar-refractivity contribution in [3.63, 3.8) is 0 Å². The van der Waals surface area contributed by atoms with E-state index in [1.165, 1.54) is 19.3 Å². The number of benzene rings is 1. The second-order valence-corrected chi connectivity index (χ2v) is 5.48. The molecular weight excluding hydrogens is 241 g/mol. The molecule has 2 nitrogen and oxygen atoms in total. The summed E-state index contributed by atoms with van der Waals surface area (Å²) in [6.45, 7) is 2.76. The van der Waals surface area contributed by atoms with Crippen LogP contribution in [0.15, 0.2) is 18.2 Å². The zero-order valence-electron chi connectivity index (χ0n) is 11.7. The van der Waals surface area contributed by atoms with Gasteiger partial charge in [-0.1, -0.05) is 25.8 Å². The van der Waals surface area contributed by atoms with E-state index in [0.717, 1.165) is 24.3 Å². The molecule has 1 aromatic rings. The summed E-state index contributed by atoms with van der Waals surface area (Å²) in [4.78, 5) is 0. The van der Waals surface area contributed by atoms with Gasteiger partial charge in [0.2, 0.25) is 0 Å². The molecule has 0 radical (unpaired) electrons. The van der Waals surface area contributed by atoms with Crippen LogP contribution < -0.4 is 10.5 Å². The van der Waals surface area contributed by atoms with Crippen LogP contribution in [0, 0.1) is 11.7 Å². The second-order valence-electron chi connectivity index (χ2n) is 5.48. The van der Waals surface area contributed by atoms with E-state index in [4.69, 9.17) is 10.5 Å². The zero-order chi connectivity index (χ0) is 13.7. The van der Waals surface area contributed by atoms with Crippen molar-refractivity contribution >= 4 is 0 Å². The van der Waals surface area contributed by atoms with Crippen LogP contribution in [-0.2, 0) is 6.42 Å². The summed E-state index contributed by atoms with van der Waals surface area (Å²) in [6, 6.07) is 5.20. The van der Waals surface area contributed by atoms with E-state index < -0.39 is 0 Å². The standard InChI is InChI=1S/C16H24FNO/c1-2-12-4-3-5-14(10-12)19-16-7-6-13(8-9-18)11-15(16)17/h6-7,11-12,14H,2-5,8-10,18H2,1H3. The van der Waals surface area contributed by atoms with Gasteiger partial charge in [-0.05, 0) is 55.8 Å². The SMILES string of the molecule is CCC1CCCC(Oc2ccc(CCN)cc2F)C1. The fourth-order valence-corrected chi connectivity index (χ4v) is 2.86. The molecule has 0 aromatic heterocycles. The second kappa shape index (κ2) is 6.90. The first-order valence-electron chi connectivity index (χ1n) is 7.38. The number of rotatable bonds is 5. The van der Waals surface area contributed by atoms with Gasteiger partial charge in [-0.25, -0.2) is 4.39 Å². The average molecular weight is 265 g/mol. The normalized spacial score (nSPS) is 23.3. The molecule has 1 saturated carbocycles. The fraction of sp³-hybridized carbons (Fsp3) is 0.625. The predicted molar refractivity (Wildman–Crippen MR) is 75.8 cm³/mol. The van der Waals surface area contributed by atoms with E-state index in [1.807, 2.05) is 6.07 Å². The van der Waals surface area contributed by atoms with Gasteiger partial charge in [0.25, 0.3) is 0 Å². The highest BCUT2D eigenvalue weighted by molar-refractivity contribution is 5.29. The summed E-state index contributed by atoms with van der Waals surface area (Å²) in [7, 11) is 0. The molecule has 0 heterocycles. The van der Waals surface area contributed by atoms with Gasteiger partial charge in [0, 0.05) is 0 Å². The van der Waals surface area contributed by atoms with Crippen molar-refractivity contribution in [2.75, 3.05) is 6.54 Å². The molecule has 1 fully saturated rings. The van der Waals surface area contributed by atoms with Crippen LogP contribution in [-0.4, -0.2) is 12.6 Å². The summed E-state index contributed by atoms with van der Waals surface area (Å²) in [6.07, 6.45) is 6.65. The lowest BCUT2D eigenvalue weighted by Crippen LogP contribution is -2.25. The molecule has 2 atom stereocenters. The topological polar surface area (TPSA) is 35.2 Å². The van der Waals surface area contributed by atoms with Gasteiger partial charge in [-0.15, -0.1) is 0 Å². The molecule has 2 unspecified atom stereocenters. The zero-order valence-corrected chi connectivity index (χ0v) is 11.7. The monoisotopic (exact) mass is 265 g/mol. The van der Waals surface area contributed by atoms with Crippen molar-refractivity contribution in [2.45, 2.75) is 51.6 Å². The Morgan fingerprint density at radius 1 is 1.37 bits per heavy atom. The van der Waals surface area contributed by atoms with Crippen LogP contribution >= 0.6 is 0 Å². The van der Waals surface area contributed by atoms with Crippen molar-refractivity contribution in [3.8, 4) is 5.75 Å². The van der Waals surface area contributed by atoms with Crippen LogP contribution in [0.4, 0.5) is 4.39 Å². The van der Waals surface area contributed by atoms with E-state index in [0.29, 0.717) is 18.7 Å². The summed E-state index contributed by atoms with van der Waals surface area (Å²) >= 11 is 0. The van der Waals surface area contributed by atoms with E-state index in [-0.39, 0.29) is 11.9 Å². The van der Waals surface area contributed by atoms with Crippen molar-refractivity contribution in [3.05, 3.63) is 29.6 Å². The van der Waals surface area contributed by atoms with Gasteiger partial charge in [-0.3, -0.25) is 0 Å². The first kappa shape index (κ1) is 14.3. The molecule has 1 aromatic carbocycles. The minimum absolute atomic E-state index is 0.175. The molecule has 2 rings (SSSR count). The van der Waals surface area contributed by atoms with Crippen molar-refractivity contribution in [2.24, 2.45) is 11.7 Å². The van der Waals surface area contributed by atoms with Crippen molar-refractivity contribution in [1.82, 2.24) is 0 Å². The fourth-order valence-electron chi connectivity index (χ4n) is 2.86. The van der Waals surface area contributed by atoms with E-state index in [9.17, 15) is 4.39 Å². The Labute approximate surface area is 115 Å². The number of hydrogen-bond acceptors (Lipinski definition) is 2. The first-order valence-corrected chi connectivity index (χ1v) is 7.38. The average Bonchev–Trinajstić information content (AvgIpc) is 2.42. The maximum Gasteiger partial charge on any atom is 0.165 e. The third-order valence-corrected chi connectivity index (χ3v) is 4.03. The van der Waals surface area contributed by atoms with Crippen LogP contribution in [0.1, 0.15) is 44.6 Å².